The molecule has 0 aliphatic carbocycles. The van der Waals surface area contributed by atoms with Crippen LogP contribution in [0.25, 0.3) is 11.4 Å². The van der Waals surface area contributed by atoms with Gasteiger partial charge in [-0.1, -0.05) is 42.5 Å². The summed E-state index contributed by atoms with van der Waals surface area (Å²) >= 11 is 0. The molecule has 3 aromatic rings. The van der Waals surface area contributed by atoms with E-state index in [1.54, 1.807) is 0 Å². The van der Waals surface area contributed by atoms with Crippen LogP contribution in [0.3, 0.4) is 0 Å². The Labute approximate surface area is 110 Å². The van der Waals surface area contributed by atoms with Crippen LogP contribution in [0.15, 0.2) is 54.6 Å². The Balaban J connectivity index is 1.82. The molecule has 0 amide bonds. The zero-order chi connectivity index (χ0) is 12.9. The highest BCUT2D eigenvalue weighted by molar-refractivity contribution is 5.63. The van der Waals surface area contributed by atoms with E-state index >= 15 is 0 Å². The molecular weight excluding hydrogens is 240 g/mol. The number of nitrogens with zero attached hydrogens (tertiary/aromatic N) is 3. The molecule has 0 bridgehead atoms. The number of rotatable bonds is 4. The van der Waals surface area contributed by atoms with Crippen LogP contribution in [0.4, 0.5) is 0 Å². The molecule has 0 aliphatic rings. The number of hydrogen-bond acceptors (Lipinski definition) is 4. The normalized spacial score (nSPS) is 10.3. The SMILES string of the molecule is c1ccc(COc2ccccc2-c2nn[nH]n2)cc1. The van der Waals surface area contributed by atoms with Crippen molar-refractivity contribution in [3.63, 3.8) is 0 Å². The Morgan fingerprint density at radius 1 is 0.947 bits per heavy atom. The van der Waals surface area contributed by atoms with Gasteiger partial charge in [-0.3, -0.25) is 0 Å². The summed E-state index contributed by atoms with van der Waals surface area (Å²) in [6.45, 7) is 0.510. The average molecular weight is 252 g/mol. The standard InChI is InChI=1S/C14H12N4O/c1-2-6-11(7-3-1)10-19-13-9-5-4-8-12(13)14-15-17-18-16-14/h1-9H,10H2,(H,15,16,17,18). The van der Waals surface area contributed by atoms with Crippen molar-refractivity contribution in [1.82, 2.24) is 20.6 Å². The van der Waals surface area contributed by atoms with Crippen LogP contribution < -0.4 is 4.74 Å². The molecule has 0 radical (unpaired) electrons. The van der Waals surface area contributed by atoms with Crippen LogP contribution in [0.5, 0.6) is 5.75 Å². The molecule has 0 saturated carbocycles. The van der Waals surface area contributed by atoms with E-state index in [4.69, 9.17) is 4.74 Å². The maximum atomic E-state index is 5.83. The smallest absolute Gasteiger partial charge is 0.208 e. The Bertz CT molecular complexity index is 638. The molecule has 0 saturated heterocycles. The van der Waals surface area contributed by atoms with Gasteiger partial charge in [0, 0.05) is 0 Å². The third kappa shape index (κ3) is 2.60. The van der Waals surface area contributed by atoms with Gasteiger partial charge in [0.05, 0.1) is 5.56 Å². The van der Waals surface area contributed by atoms with E-state index in [1.807, 2.05) is 54.6 Å². The van der Waals surface area contributed by atoms with Gasteiger partial charge in [-0.25, -0.2) is 0 Å². The number of H-pyrrole nitrogens is 1. The lowest BCUT2D eigenvalue weighted by Crippen LogP contribution is -1.97. The number of para-hydroxylation sites is 1. The minimum absolute atomic E-state index is 0.510. The van der Waals surface area contributed by atoms with Crippen molar-refractivity contribution in [1.29, 1.82) is 0 Å². The number of ether oxygens (including phenoxy) is 1. The fourth-order valence-electron chi connectivity index (χ4n) is 1.79. The number of tetrazole rings is 1. The number of hydrogen-bond donors (Lipinski definition) is 1. The van der Waals surface area contributed by atoms with Crippen molar-refractivity contribution in [2.24, 2.45) is 0 Å². The van der Waals surface area contributed by atoms with Crippen LogP contribution >= 0.6 is 0 Å². The quantitative estimate of drug-likeness (QED) is 0.774. The molecule has 0 spiro atoms. The molecule has 1 N–H and O–H groups in total. The van der Waals surface area contributed by atoms with Crippen LogP contribution in [0.2, 0.25) is 0 Å². The zero-order valence-electron chi connectivity index (χ0n) is 10.2. The summed E-state index contributed by atoms with van der Waals surface area (Å²) in [4.78, 5) is 0. The number of aromatic amines is 1. The largest absolute Gasteiger partial charge is 0.488 e. The second-order valence-corrected chi connectivity index (χ2v) is 4.01. The van der Waals surface area contributed by atoms with Gasteiger partial charge in [-0.05, 0) is 22.9 Å². The number of nitrogens with one attached hydrogen (secondary N) is 1. The topological polar surface area (TPSA) is 63.7 Å². The van der Waals surface area contributed by atoms with E-state index in [-0.39, 0.29) is 0 Å². The van der Waals surface area contributed by atoms with Crippen molar-refractivity contribution in [2.45, 2.75) is 6.61 Å². The van der Waals surface area contributed by atoms with Crippen molar-refractivity contribution < 1.29 is 4.74 Å². The molecular formula is C14H12N4O. The molecule has 2 aromatic carbocycles. The second-order valence-electron chi connectivity index (χ2n) is 4.01. The summed E-state index contributed by atoms with van der Waals surface area (Å²) in [5, 5.41) is 14.0. The molecule has 19 heavy (non-hydrogen) atoms. The monoisotopic (exact) mass is 252 g/mol. The van der Waals surface area contributed by atoms with Crippen LogP contribution in [0, 0.1) is 0 Å². The Morgan fingerprint density at radius 2 is 1.74 bits per heavy atom. The molecule has 0 fully saturated rings. The van der Waals surface area contributed by atoms with Gasteiger partial charge in [-0.2, -0.15) is 5.21 Å². The van der Waals surface area contributed by atoms with Gasteiger partial charge >= 0.3 is 0 Å². The Hall–Kier alpha value is -2.69. The van der Waals surface area contributed by atoms with E-state index in [0.29, 0.717) is 12.4 Å². The van der Waals surface area contributed by atoms with Gasteiger partial charge < -0.3 is 4.74 Å². The lowest BCUT2D eigenvalue weighted by atomic mass is 10.2. The lowest BCUT2D eigenvalue weighted by Gasteiger charge is -2.09. The van der Waals surface area contributed by atoms with Gasteiger partial charge in [0.1, 0.15) is 12.4 Å². The first-order valence-corrected chi connectivity index (χ1v) is 5.93. The molecule has 5 heteroatoms. The summed E-state index contributed by atoms with van der Waals surface area (Å²) < 4.78 is 5.83. The highest BCUT2D eigenvalue weighted by Crippen LogP contribution is 2.26. The van der Waals surface area contributed by atoms with Crippen LogP contribution in [-0.2, 0) is 6.61 Å². The van der Waals surface area contributed by atoms with Gasteiger partial charge in [0.2, 0.25) is 5.82 Å². The molecule has 5 nitrogen and oxygen atoms in total. The summed E-state index contributed by atoms with van der Waals surface area (Å²) in [6.07, 6.45) is 0. The lowest BCUT2D eigenvalue weighted by molar-refractivity contribution is 0.307. The molecule has 94 valence electrons. The van der Waals surface area contributed by atoms with E-state index in [1.165, 1.54) is 0 Å². The molecule has 0 atom stereocenters. The molecule has 0 unspecified atom stereocenters. The first-order chi connectivity index (χ1) is 9.43. The van der Waals surface area contributed by atoms with Gasteiger partial charge in [-0.15, -0.1) is 10.2 Å². The first kappa shape index (κ1) is 11.4. The molecule has 0 aliphatic heterocycles. The third-order valence-electron chi connectivity index (χ3n) is 2.71. The fraction of sp³-hybridized carbons (Fsp3) is 0.0714. The minimum Gasteiger partial charge on any atom is -0.488 e. The van der Waals surface area contributed by atoms with Crippen LogP contribution in [-0.4, -0.2) is 20.6 Å². The minimum atomic E-state index is 0.510. The predicted octanol–water partition coefficient (Wildman–Crippen LogP) is 2.45. The summed E-state index contributed by atoms with van der Waals surface area (Å²) in [5.74, 6) is 1.27. The van der Waals surface area contributed by atoms with Crippen molar-refractivity contribution in [3.05, 3.63) is 60.2 Å². The Morgan fingerprint density at radius 3 is 2.53 bits per heavy atom. The Kier molecular flexibility index (Phi) is 3.18. The van der Waals surface area contributed by atoms with E-state index in [9.17, 15) is 0 Å². The van der Waals surface area contributed by atoms with E-state index < -0.39 is 0 Å². The van der Waals surface area contributed by atoms with Gasteiger partial charge in [0.25, 0.3) is 0 Å². The second kappa shape index (κ2) is 5.30. The predicted molar refractivity (Wildman–Crippen MR) is 70.4 cm³/mol. The summed E-state index contributed by atoms with van der Waals surface area (Å²) in [5.41, 5.74) is 1.94. The highest BCUT2D eigenvalue weighted by atomic mass is 16.5. The van der Waals surface area contributed by atoms with Crippen molar-refractivity contribution >= 4 is 0 Å². The summed E-state index contributed by atoms with van der Waals surface area (Å²) in [7, 11) is 0. The summed E-state index contributed by atoms with van der Waals surface area (Å²) in [6, 6.07) is 17.7. The van der Waals surface area contributed by atoms with Gasteiger partial charge in [0.15, 0.2) is 0 Å². The fourth-order valence-corrected chi connectivity index (χ4v) is 1.79. The number of aromatic nitrogens is 4. The third-order valence-corrected chi connectivity index (χ3v) is 2.71. The average Bonchev–Trinajstić information content (AvgIpc) is 3.01. The van der Waals surface area contributed by atoms with E-state index in [0.717, 1.165) is 16.9 Å². The highest BCUT2D eigenvalue weighted by Gasteiger charge is 2.09. The zero-order valence-corrected chi connectivity index (χ0v) is 10.2. The maximum absolute atomic E-state index is 5.83. The maximum Gasteiger partial charge on any atom is 0.208 e. The van der Waals surface area contributed by atoms with Crippen LogP contribution in [0.1, 0.15) is 5.56 Å². The van der Waals surface area contributed by atoms with Crippen molar-refractivity contribution in [3.8, 4) is 17.1 Å². The number of benzene rings is 2. The molecule has 3 rings (SSSR count). The van der Waals surface area contributed by atoms with E-state index in [2.05, 4.69) is 20.6 Å². The van der Waals surface area contributed by atoms with Crippen molar-refractivity contribution in [2.75, 3.05) is 0 Å². The molecule has 1 aromatic heterocycles. The first-order valence-electron chi connectivity index (χ1n) is 5.93. The molecule has 1 heterocycles.